The highest BCUT2D eigenvalue weighted by Crippen LogP contribution is 2.62. The number of allylic oxidation sites excluding steroid dienone is 4. The molecule has 6 rings (SSSR count). The van der Waals surface area contributed by atoms with Gasteiger partial charge in [0.2, 0.25) is 5.69 Å². The molecule has 1 saturated carbocycles. The first-order chi connectivity index (χ1) is 29.1. The third kappa shape index (κ3) is 10.4. The number of benzene rings is 2. The van der Waals surface area contributed by atoms with Gasteiger partial charge in [-0.15, -0.1) is 0 Å². The third-order valence-electron chi connectivity index (χ3n) is 12.7. The number of nitrogens with one attached hydrogen (secondary N) is 1. The van der Waals surface area contributed by atoms with E-state index in [0.29, 0.717) is 53.2 Å². The summed E-state index contributed by atoms with van der Waals surface area (Å²) in [4.78, 5) is 14.0. The number of carboxylic acids is 1. The van der Waals surface area contributed by atoms with Gasteiger partial charge in [0, 0.05) is 54.0 Å². The fourth-order valence-corrected chi connectivity index (χ4v) is 11.7. The Morgan fingerprint density at radius 1 is 0.873 bits per heavy atom. The quantitative estimate of drug-likeness (QED) is 0.0825. The molecule has 4 atom stereocenters. The summed E-state index contributed by atoms with van der Waals surface area (Å²) >= 11 is 0. The van der Waals surface area contributed by atoms with Crippen molar-refractivity contribution in [3.63, 3.8) is 0 Å². The number of anilines is 1. The maximum Gasteiger partial charge on any atom is 0.326 e. The van der Waals surface area contributed by atoms with Crippen LogP contribution in [-0.4, -0.2) is 116 Å². The summed E-state index contributed by atoms with van der Waals surface area (Å²) in [6.07, 6.45) is 7.63. The minimum atomic E-state index is -4.58. The fourth-order valence-electron chi connectivity index (χ4n) is 9.71. The zero-order valence-corrected chi connectivity index (χ0v) is 38.6. The third-order valence-corrected chi connectivity index (χ3v) is 16.0. The van der Waals surface area contributed by atoms with Crippen LogP contribution in [-0.2, 0) is 56.1 Å². The van der Waals surface area contributed by atoms with E-state index >= 15 is 0 Å². The lowest BCUT2D eigenvalue weighted by Crippen LogP contribution is -2.40. The van der Waals surface area contributed by atoms with Gasteiger partial charge >= 0.3 is 5.97 Å². The minimum absolute atomic E-state index is 0.0153. The maximum atomic E-state index is 12.6. The Hall–Kier alpha value is -4.00. The first-order valence-corrected chi connectivity index (χ1v) is 26.5. The lowest BCUT2D eigenvalue weighted by atomic mass is 9.75. The normalized spacial score (nSPS) is 23.2. The number of carboxylic acid groups (broad SMARTS) is 1. The number of hydrogen-bond acceptors (Lipinski definition) is 12. The number of hydrogen-bond donors (Lipinski definition) is 7. The van der Waals surface area contributed by atoms with Crippen LogP contribution in [0.2, 0.25) is 0 Å². The molecule has 0 aromatic heterocycles. The van der Waals surface area contributed by atoms with Gasteiger partial charge in [0.05, 0.1) is 26.7 Å². The molecule has 346 valence electrons. The minimum Gasteiger partial charge on any atom is -0.480 e. The molecule has 0 amide bonds. The molecule has 0 saturated heterocycles. The molecule has 0 spiro atoms. The van der Waals surface area contributed by atoms with Gasteiger partial charge in [0.1, 0.15) is 12.6 Å². The predicted octanol–water partition coefficient (Wildman–Crippen LogP) is 3.84. The summed E-state index contributed by atoms with van der Waals surface area (Å²) in [5.41, 5.74) is 9.44. The van der Waals surface area contributed by atoms with Gasteiger partial charge in [0.15, 0.2) is 5.71 Å². The van der Waals surface area contributed by atoms with Gasteiger partial charge in [-0.1, -0.05) is 26.0 Å². The topological polar surface area (TPSA) is 299 Å². The summed E-state index contributed by atoms with van der Waals surface area (Å²) < 4.78 is 136. The van der Waals surface area contributed by atoms with E-state index in [0.717, 1.165) is 11.1 Å². The van der Waals surface area contributed by atoms with Crippen LogP contribution in [0.1, 0.15) is 77.3 Å². The van der Waals surface area contributed by atoms with Gasteiger partial charge in [-0.25, -0.2) is 4.79 Å². The average Bonchev–Trinajstić information content (AvgIpc) is 3.83. The van der Waals surface area contributed by atoms with Crippen LogP contribution in [0.15, 0.2) is 81.3 Å². The molecule has 0 radical (unpaired) electrons. The second-order valence-electron chi connectivity index (χ2n) is 17.6. The Balaban J connectivity index is 1.46. The van der Waals surface area contributed by atoms with Crippen molar-refractivity contribution in [3.8, 4) is 0 Å². The summed E-state index contributed by atoms with van der Waals surface area (Å²) in [7, 11) is -17.7. The molecule has 2 heterocycles. The van der Waals surface area contributed by atoms with Crippen LogP contribution < -0.4 is 16.0 Å². The van der Waals surface area contributed by atoms with Crippen molar-refractivity contribution in [2.45, 2.75) is 98.9 Å². The molecular weight excluding hydrogens is 901 g/mol. The summed E-state index contributed by atoms with van der Waals surface area (Å²) in [5.74, 6) is -2.50. The Labute approximate surface area is 368 Å². The standard InChI is InChI=1S/C41H54N4O14S4/c1-40(2)30-23-27(62(54,55)56)11-13-33(30)44(18-6-20-60(48,49)50)35(40)15-10-25-8-5-9-26(37(25)43-32(16-17-42)39(46)47)22-29-36-38(29)45(19-7-21-61(51,52)53)34-14-12-28(63(57,58)59)24-31(34)41(36,3)4/h10-15,22-24,29,32,36,38H,5-9,16-21,42H2,1-4H3,(H5,46,47,48,49,50,51,52,53,54,55,56,57,58,59)/p+1/b26-22+. The molecule has 2 aromatic rings. The predicted molar refractivity (Wildman–Crippen MR) is 235 cm³/mol. The molecule has 22 heteroatoms. The van der Waals surface area contributed by atoms with Crippen LogP contribution in [0.25, 0.3) is 0 Å². The van der Waals surface area contributed by atoms with Gasteiger partial charge < -0.3 is 21.1 Å². The SMILES string of the molecule is CC1(C)C(/C=C/C2=C(NC(CCN)C(=O)O)C(=C/C3C4C3C(C)(C)c3cc(S(=O)(=O)O)ccc3N4CCCS(=O)(=O)O)/CCC2)=[N+](CCCS(=O)(=O)O)c2ccc(S(=O)(=O)O)cc21. The molecule has 8 N–H and O–H groups in total. The monoisotopic (exact) mass is 955 g/mol. The molecule has 2 aliphatic carbocycles. The molecule has 4 aliphatic rings. The zero-order chi connectivity index (χ0) is 46.7. The summed E-state index contributed by atoms with van der Waals surface area (Å²) in [5, 5.41) is 13.5. The first-order valence-electron chi connectivity index (χ1n) is 20.4. The Morgan fingerprint density at radius 3 is 2.06 bits per heavy atom. The van der Waals surface area contributed by atoms with Crippen molar-refractivity contribution >= 4 is 63.5 Å². The molecule has 2 aromatic carbocycles. The Morgan fingerprint density at radius 2 is 1.48 bits per heavy atom. The molecule has 4 unspecified atom stereocenters. The van der Waals surface area contributed by atoms with E-state index in [1.54, 1.807) is 6.07 Å². The van der Waals surface area contributed by atoms with E-state index in [2.05, 4.69) is 11.4 Å². The lowest BCUT2D eigenvalue weighted by molar-refractivity contribution is -0.437. The highest BCUT2D eigenvalue weighted by atomic mass is 32.2. The van der Waals surface area contributed by atoms with E-state index in [9.17, 15) is 61.8 Å². The lowest BCUT2D eigenvalue weighted by Gasteiger charge is -2.40. The van der Waals surface area contributed by atoms with Crippen LogP contribution in [0, 0.1) is 11.8 Å². The number of fused-ring (bicyclic) bond motifs is 3. The Bertz CT molecular complexity index is 2780. The van der Waals surface area contributed by atoms with Gasteiger partial charge in [-0.05, 0) is 111 Å². The molecule has 63 heavy (non-hydrogen) atoms. The van der Waals surface area contributed by atoms with Gasteiger partial charge in [0.25, 0.3) is 40.5 Å². The van der Waals surface area contributed by atoms with Crippen molar-refractivity contribution < 1.29 is 66.4 Å². The number of nitrogens with zero attached hydrogens (tertiary/aromatic N) is 2. The van der Waals surface area contributed by atoms with Crippen LogP contribution in [0.5, 0.6) is 0 Å². The number of aliphatic carboxylic acids is 1. The van der Waals surface area contributed by atoms with Crippen molar-refractivity contribution in [1.82, 2.24) is 5.32 Å². The van der Waals surface area contributed by atoms with Crippen molar-refractivity contribution in [2.24, 2.45) is 17.6 Å². The zero-order valence-electron chi connectivity index (χ0n) is 35.3. The molecular formula is C41H55N4O14S4+. The van der Waals surface area contributed by atoms with E-state index in [-0.39, 0.29) is 66.6 Å². The fraction of sp³-hybridized carbons (Fsp3) is 0.512. The van der Waals surface area contributed by atoms with Crippen LogP contribution in [0.3, 0.4) is 0 Å². The van der Waals surface area contributed by atoms with Crippen molar-refractivity contribution in [2.75, 3.05) is 36.0 Å². The van der Waals surface area contributed by atoms with E-state index in [1.807, 2.05) is 49.3 Å². The molecule has 0 bridgehead atoms. The second-order valence-corrected chi connectivity index (χ2v) is 23.6. The summed E-state index contributed by atoms with van der Waals surface area (Å²) in [6, 6.07) is 7.16. The van der Waals surface area contributed by atoms with E-state index in [4.69, 9.17) is 5.73 Å². The largest absolute Gasteiger partial charge is 0.480 e. The van der Waals surface area contributed by atoms with Crippen LogP contribution >= 0.6 is 0 Å². The van der Waals surface area contributed by atoms with Crippen molar-refractivity contribution in [3.05, 3.63) is 82.6 Å². The van der Waals surface area contributed by atoms with E-state index < -0.39 is 74.8 Å². The van der Waals surface area contributed by atoms with Gasteiger partial charge in [-0.3, -0.25) is 18.2 Å². The second kappa shape index (κ2) is 17.4. The van der Waals surface area contributed by atoms with E-state index in [1.165, 1.54) is 30.3 Å². The average molecular weight is 956 g/mol. The van der Waals surface area contributed by atoms with Gasteiger partial charge in [-0.2, -0.15) is 38.2 Å². The smallest absolute Gasteiger partial charge is 0.326 e. The highest BCUT2D eigenvalue weighted by molar-refractivity contribution is 7.86. The summed E-state index contributed by atoms with van der Waals surface area (Å²) in [6.45, 7) is 8.01. The first kappa shape index (κ1) is 48.5. The number of carbonyl (C=O) groups is 1. The number of nitrogens with two attached hydrogens (primary N) is 1. The highest BCUT2D eigenvalue weighted by Gasteiger charge is 2.63. The van der Waals surface area contributed by atoms with Crippen molar-refractivity contribution in [1.29, 1.82) is 0 Å². The van der Waals surface area contributed by atoms with Crippen LogP contribution in [0.4, 0.5) is 11.4 Å². The Kier molecular flexibility index (Phi) is 13.4. The maximum absolute atomic E-state index is 12.6. The number of rotatable bonds is 18. The molecule has 18 nitrogen and oxygen atoms in total. The molecule has 2 aliphatic heterocycles. The molecule has 1 fully saturated rings.